The van der Waals surface area contributed by atoms with Crippen LogP contribution >= 0.6 is 0 Å². The minimum atomic E-state index is -1.04. The number of nitrogens with two attached hydrogens (primary N) is 1. The van der Waals surface area contributed by atoms with E-state index in [0.717, 1.165) is 24.2 Å². The summed E-state index contributed by atoms with van der Waals surface area (Å²) in [5.41, 5.74) is 8.25. The zero-order valence-electron chi connectivity index (χ0n) is 20.1. The fourth-order valence-corrected chi connectivity index (χ4v) is 4.17. The quantitative estimate of drug-likeness (QED) is 0.423. The van der Waals surface area contributed by atoms with E-state index in [2.05, 4.69) is 4.90 Å². The number of rotatable bonds is 9. The SMILES string of the molecule is COc1c(C)c2c(c(OC(N)=O)c1C/C=C(\C)CCC(=O)OC(C)N1CCOCC1)C(=O)OC2. The average Bonchev–Trinajstić information content (AvgIpc) is 3.20. The number of morpholine rings is 1. The van der Waals surface area contributed by atoms with Gasteiger partial charge in [-0.2, -0.15) is 0 Å². The van der Waals surface area contributed by atoms with E-state index in [4.69, 9.17) is 29.4 Å². The minimum absolute atomic E-state index is 0.0512. The molecule has 0 bridgehead atoms. The van der Waals surface area contributed by atoms with Crippen molar-refractivity contribution < 1.29 is 38.1 Å². The van der Waals surface area contributed by atoms with Crippen LogP contribution in [0.2, 0.25) is 0 Å². The molecule has 3 rings (SSSR count). The van der Waals surface area contributed by atoms with Crippen LogP contribution in [0.15, 0.2) is 11.6 Å². The second kappa shape index (κ2) is 11.3. The molecule has 1 aromatic rings. The molecule has 0 spiro atoms. The molecule has 1 aromatic carbocycles. The largest absolute Gasteiger partial charge is 0.496 e. The molecule has 1 fully saturated rings. The van der Waals surface area contributed by atoms with E-state index in [9.17, 15) is 14.4 Å². The van der Waals surface area contributed by atoms with Crippen LogP contribution in [0.25, 0.3) is 0 Å². The summed E-state index contributed by atoms with van der Waals surface area (Å²) in [6.07, 6.45) is 1.59. The number of carbonyl (C=O) groups is 3. The van der Waals surface area contributed by atoms with Gasteiger partial charge in [-0.3, -0.25) is 9.69 Å². The van der Waals surface area contributed by atoms with Crippen LogP contribution in [-0.4, -0.2) is 62.6 Å². The summed E-state index contributed by atoms with van der Waals surface area (Å²) in [6.45, 7) is 8.39. The van der Waals surface area contributed by atoms with Gasteiger partial charge in [-0.25, -0.2) is 9.59 Å². The topological polar surface area (TPSA) is 127 Å². The Labute approximate surface area is 198 Å². The number of methoxy groups -OCH3 is 1. The highest BCUT2D eigenvalue weighted by molar-refractivity contribution is 5.99. The monoisotopic (exact) mass is 476 g/mol. The van der Waals surface area contributed by atoms with Crippen LogP contribution in [-0.2, 0) is 32.0 Å². The van der Waals surface area contributed by atoms with Gasteiger partial charge in [0.15, 0.2) is 12.0 Å². The highest BCUT2D eigenvalue weighted by Crippen LogP contribution is 2.42. The molecule has 2 N–H and O–H groups in total. The third-order valence-electron chi connectivity index (χ3n) is 6.07. The molecular weight excluding hydrogens is 444 g/mol. The number of hydrogen-bond donors (Lipinski definition) is 1. The molecule has 34 heavy (non-hydrogen) atoms. The normalized spacial score (nSPS) is 17.1. The molecule has 1 saturated heterocycles. The van der Waals surface area contributed by atoms with Gasteiger partial charge in [-0.15, -0.1) is 0 Å². The van der Waals surface area contributed by atoms with Crippen molar-refractivity contribution in [2.24, 2.45) is 5.73 Å². The number of cyclic esters (lactones) is 1. The van der Waals surface area contributed by atoms with Gasteiger partial charge in [-0.05, 0) is 39.2 Å². The zero-order valence-corrected chi connectivity index (χ0v) is 20.1. The van der Waals surface area contributed by atoms with Crippen LogP contribution in [0.4, 0.5) is 4.79 Å². The highest BCUT2D eigenvalue weighted by atomic mass is 16.6. The minimum Gasteiger partial charge on any atom is -0.496 e. The van der Waals surface area contributed by atoms with Crippen LogP contribution in [0.5, 0.6) is 11.5 Å². The molecule has 0 aliphatic carbocycles. The Kier molecular flexibility index (Phi) is 8.51. The van der Waals surface area contributed by atoms with E-state index >= 15 is 0 Å². The molecule has 0 aromatic heterocycles. The molecule has 10 nitrogen and oxygen atoms in total. The molecule has 186 valence electrons. The lowest BCUT2D eigenvalue weighted by atomic mass is 9.94. The maximum Gasteiger partial charge on any atom is 0.410 e. The van der Waals surface area contributed by atoms with Crippen molar-refractivity contribution in [2.75, 3.05) is 33.4 Å². The lowest BCUT2D eigenvalue weighted by Gasteiger charge is -2.31. The summed E-state index contributed by atoms with van der Waals surface area (Å²) >= 11 is 0. The van der Waals surface area contributed by atoms with Gasteiger partial charge in [0.1, 0.15) is 17.9 Å². The van der Waals surface area contributed by atoms with Crippen LogP contribution in [0.3, 0.4) is 0 Å². The molecule has 2 aliphatic rings. The number of primary amides is 1. The molecule has 10 heteroatoms. The number of nitrogens with zero attached hydrogens (tertiary/aromatic N) is 1. The van der Waals surface area contributed by atoms with Crippen molar-refractivity contribution in [3.63, 3.8) is 0 Å². The predicted octanol–water partition coefficient (Wildman–Crippen LogP) is 2.62. The van der Waals surface area contributed by atoms with E-state index < -0.39 is 12.1 Å². The molecule has 0 saturated carbocycles. The molecular formula is C24H32N2O8. The van der Waals surface area contributed by atoms with Gasteiger partial charge in [0.05, 0.1) is 20.3 Å². The van der Waals surface area contributed by atoms with E-state index in [1.54, 1.807) is 0 Å². The molecule has 1 amide bonds. The fourth-order valence-electron chi connectivity index (χ4n) is 4.17. The number of fused-ring (bicyclic) bond motifs is 1. The van der Waals surface area contributed by atoms with Gasteiger partial charge < -0.3 is 29.4 Å². The van der Waals surface area contributed by atoms with Gasteiger partial charge in [0.25, 0.3) is 0 Å². The standard InChI is InChI=1S/C24H32N2O8/c1-14(6-8-19(27)33-16(3)26-9-11-31-12-10-26)5-7-17-21(30-4)15(2)18-13-32-23(28)20(18)22(17)34-24(25)29/h5,16H,6-13H2,1-4H3,(H2,25,29)/b14-5+. The van der Waals surface area contributed by atoms with Gasteiger partial charge >= 0.3 is 18.0 Å². The summed E-state index contributed by atoms with van der Waals surface area (Å²) in [4.78, 5) is 38.3. The molecule has 1 unspecified atom stereocenters. The summed E-state index contributed by atoms with van der Waals surface area (Å²) in [7, 11) is 1.51. The third kappa shape index (κ3) is 5.87. The average molecular weight is 477 g/mol. The lowest BCUT2D eigenvalue weighted by Crippen LogP contribution is -2.44. The Morgan fingerprint density at radius 2 is 1.91 bits per heavy atom. The summed E-state index contributed by atoms with van der Waals surface area (Å²) in [5, 5.41) is 0. The predicted molar refractivity (Wildman–Crippen MR) is 122 cm³/mol. The number of allylic oxidation sites excluding steroid dienone is 2. The first kappa shape index (κ1) is 25.5. The van der Waals surface area contributed by atoms with Gasteiger partial charge in [0, 0.05) is 30.6 Å². The maximum atomic E-state index is 12.3. The van der Waals surface area contributed by atoms with Crippen molar-refractivity contribution in [2.45, 2.75) is 52.9 Å². The number of ether oxygens (including phenoxy) is 5. The van der Waals surface area contributed by atoms with Crippen molar-refractivity contribution in [1.29, 1.82) is 0 Å². The summed E-state index contributed by atoms with van der Waals surface area (Å²) < 4.78 is 26.8. The second-order valence-electron chi connectivity index (χ2n) is 8.31. The first-order valence-corrected chi connectivity index (χ1v) is 11.3. The van der Waals surface area contributed by atoms with Gasteiger partial charge in [0.2, 0.25) is 0 Å². The second-order valence-corrected chi connectivity index (χ2v) is 8.31. The Morgan fingerprint density at radius 3 is 2.56 bits per heavy atom. The number of amides is 1. The third-order valence-corrected chi connectivity index (χ3v) is 6.07. The van der Waals surface area contributed by atoms with Crippen molar-refractivity contribution >= 4 is 18.0 Å². The number of benzene rings is 1. The van der Waals surface area contributed by atoms with Crippen molar-refractivity contribution in [1.82, 2.24) is 4.90 Å². The number of carbonyl (C=O) groups excluding carboxylic acids is 3. The smallest absolute Gasteiger partial charge is 0.410 e. The van der Waals surface area contributed by atoms with Crippen molar-refractivity contribution in [3.05, 3.63) is 33.9 Å². The fraction of sp³-hybridized carbons (Fsp3) is 0.542. The zero-order chi connectivity index (χ0) is 24.8. The van der Waals surface area contributed by atoms with E-state index in [-0.39, 0.29) is 36.5 Å². The maximum absolute atomic E-state index is 12.3. The van der Waals surface area contributed by atoms with Crippen molar-refractivity contribution in [3.8, 4) is 11.5 Å². The Hall–Kier alpha value is -3.11. The van der Waals surface area contributed by atoms with E-state index in [0.29, 0.717) is 42.9 Å². The van der Waals surface area contributed by atoms with E-state index in [1.807, 2.05) is 26.8 Å². The van der Waals surface area contributed by atoms with Crippen LogP contribution in [0.1, 0.15) is 53.7 Å². The molecule has 2 heterocycles. The lowest BCUT2D eigenvalue weighted by molar-refractivity contribution is -0.161. The first-order chi connectivity index (χ1) is 16.2. The highest BCUT2D eigenvalue weighted by Gasteiger charge is 2.33. The Morgan fingerprint density at radius 1 is 1.21 bits per heavy atom. The number of esters is 2. The van der Waals surface area contributed by atoms with E-state index in [1.165, 1.54) is 7.11 Å². The van der Waals surface area contributed by atoms with Crippen LogP contribution in [0, 0.1) is 6.92 Å². The van der Waals surface area contributed by atoms with Gasteiger partial charge in [-0.1, -0.05) is 11.6 Å². The molecule has 1 atom stereocenters. The Balaban J connectivity index is 1.70. The first-order valence-electron chi connectivity index (χ1n) is 11.3. The summed E-state index contributed by atoms with van der Waals surface area (Å²) in [6, 6.07) is 0. The molecule has 0 radical (unpaired) electrons. The number of hydrogen-bond acceptors (Lipinski definition) is 9. The van der Waals surface area contributed by atoms with Crippen LogP contribution < -0.4 is 15.2 Å². The summed E-state index contributed by atoms with van der Waals surface area (Å²) in [5.74, 6) is -0.305. The molecule has 2 aliphatic heterocycles. The Bertz CT molecular complexity index is 982.